The Kier molecular flexibility index (Phi) is 5.45. The van der Waals surface area contributed by atoms with Gasteiger partial charge in [0.2, 0.25) is 0 Å². The lowest BCUT2D eigenvalue weighted by Crippen LogP contribution is -2.35. The maximum absolute atomic E-state index is 3.72. The molecule has 0 radical (unpaired) electrons. The summed E-state index contributed by atoms with van der Waals surface area (Å²) in [5, 5.41) is 3.72. The fourth-order valence-corrected chi connectivity index (χ4v) is 3.15. The zero-order valence-electron chi connectivity index (χ0n) is 12.6. The average Bonchev–Trinajstić information content (AvgIpc) is 2.68. The van der Waals surface area contributed by atoms with Gasteiger partial charge in [0.1, 0.15) is 0 Å². The molecule has 1 nitrogen and oxygen atoms in total. The van der Waals surface area contributed by atoms with Crippen LogP contribution in [-0.2, 0) is 5.41 Å². The molecule has 0 spiro atoms. The van der Waals surface area contributed by atoms with Crippen LogP contribution in [0.2, 0.25) is 0 Å². The fraction of sp³-hybridized carbons (Fsp3) is 0.667. The first kappa shape index (κ1) is 14.6. The lowest BCUT2D eigenvalue weighted by Gasteiger charge is -2.27. The largest absolute Gasteiger partial charge is 0.316 e. The molecule has 0 heterocycles. The Morgan fingerprint density at radius 3 is 2.26 bits per heavy atom. The van der Waals surface area contributed by atoms with Crippen LogP contribution in [0, 0.1) is 5.92 Å². The SMILES string of the molecule is CC(C)(CNCC1CCCCCC1)c1ccccc1. The van der Waals surface area contributed by atoms with Gasteiger partial charge in [-0.3, -0.25) is 0 Å². The van der Waals surface area contributed by atoms with Crippen LogP contribution in [-0.4, -0.2) is 13.1 Å². The average molecular weight is 259 g/mol. The summed E-state index contributed by atoms with van der Waals surface area (Å²) in [6.07, 6.45) is 8.64. The second-order valence-corrected chi connectivity index (χ2v) is 6.74. The van der Waals surface area contributed by atoms with Crippen LogP contribution >= 0.6 is 0 Å². The van der Waals surface area contributed by atoms with Crippen LogP contribution in [0.5, 0.6) is 0 Å². The van der Waals surface area contributed by atoms with E-state index in [2.05, 4.69) is 49.5 Å². The van der Waals surface area contributed by atoms with Gasteiger partial charge in [-0.25, -0.2) is 0 Å². The topological polar surface area (TPSA) is 12.0 Å². The highest BCUT2D eigenvalue weighted by Crippen LogP contribution is 2.24. The van der Waals surface area contributed by atoms with E-state index in [1.807, 2.05) is 0 Å². The summed E-state index contributed by atoms with van der Waals surface area (Å²) in [7, 11) is 0. The standard InChI is InChI=1S/C18H29N/c1-18(2,17-12-8-5-9-13-17)15-19-14-16-10-6-3-4-7-11-16/h5,8-9,12-13,16,19H,3-4,6-7,10-11,14-15H2,1-2H3. The van der Waals surface area contributed by atoms with Gasteiger partial charge in [-0.1, -0.05) is 69.9 Å². The van der Waals surface area contributed by atoms with Gasteiger partial charge in [-0.2, -0.15) is 0 Å². The smallest absolute Gasteiger partial charge is 0.00432 e. The predicted octanol–water partition coefficient (Wildman–Crippen LogP) is 4.52. The van der Waals surface area contributed by atoms with Crippen molar-refractivity contribution in [2.75, 3.05) is 13.1 Å². The third-order valence-electron chi connectivity index (χ3n) is 4.53. The molecule has 1 N–H and O–H groups in total. The van der Waals surface area contributed by atoms with Crippen LogP contribution in [0.25, 0.3) is 0 Å². The molecule has 2 rings (SSSR count). The predicted molar refractivity (Wildman–Crippen MR) is 83.5 cm³/mol. The van der Waals surface area contributed by atoms with Crippen LogP contribution in [0.1, 0.15) is 57.9 Å². The van der Waals surface area contributed by atoms with E-state index < -0.39 is 0 Å². The van der Waals surface area contributed by atoms with Gasteiger partial charge >= 0.3 is 0 Å². The van der Waals surface area contributed by atoms with E-state index >= 15 is 0 Å². The minimum Gasteiger partial charge on any atom is -0.316 e. The first-order valence-electron chi connectivity index (χ1n) is 7.95. The first-order valence-corrected chi connectivity index (χ1v) is 7.95. The van der Waals surface area contributed by atoms with E-state index in [0.29, 0.717) is 0 Å². The highest BCUT2D eigenvalue weighted by atomic mass is 14.9. The van der Waals surface area contributed by atoms with Crippen LogP contribution in [0.4, 0.5) is 0 Å². The fourth-order valence-electron chi connectivity index (χ4n) is 3.15. The van der Waals surface area contributed by atoms with Crippen molar-refractivity contribution in [3.8, 4) is 0 Å². The van der Waals surface area contributed by atoms with Gasteiger partial charge in [-0.15, -0.1) is 0 Å². The number of benzene rings is 1. The van der Waals surface area contributed by atoms with Gasteiger partial charge < -0.3 is 5.32 Å². The Hall–Kier alpha value is -0.820. The molecule has 1 aliphatic rings. The zero-order chi connectivity index (χ0) is 13.6. The Bertz CT molecular complexity index is 347. The maximum atomic E-state index is 3.72. The van der Waals surface area contributed by atoms with E-state index in [1.54, 1.807) is 0 Å². The lowest BCUT2D eigenvalue weighted by atomic mass is 9.84. The van der Waals surface area contributed by atoms with Gasteiger partial charge in [-0.05, 0) is 30.9 Å². The molecule has 0 bridgehead atoms. The molecular formula is C18H29N. The van der Waals surface area contributed by atoms with Crippen molar-refractivity contribution < 1.29 is 0 Å². The molecule has 0 unspecified atom stereocenters. The quantitative estimate of drug-likeness (QED) is 0.766. The van der Waals surface area contributed by atoms with Gasteiger partial charge in [0.25, 0.3) is 0 Å². The second-order valence-electron chi connectivity index (χ2n) is 6.74. The normalized spacial score (nSPS) is 18.2. The second kappa shape index (κ2) is 7.09. The monoisotopic (exact) mass is 259 g/mol. The third kappa shape index (κ3) is 4.65. The summed E-state index contributed by atoms with van der Waals surface area (Å²) in [6.45, 7) is 6.95. The molecule has 1 heteroatoms. The van der Waals surface area contributed by atoms with Crippen molar-refractivity contribution in [3.05, 3.63) is 35.9 Å². The van der Waals surface area contributed by atoms with E-state index in [9.17, 15) is 0 Å². The molecule has 0 saturated heterocycles. The van der Waals surface area contributed by atoms with E-state index in [0.717, 1.165) is 12.5 Å². The molecule has 1 aromatic carbocycles. The first-order chi connectivity index (χ1) is 9.18. The molecule has 0 aliphatic heterocycles. The van der Waals surface area contributed by atoms with Crippen molar-refractivity contribution in [3.63, 3.8) is 0 Å². The molecule has 1 fully saturated rings. The van der Waals surface area contributed by atoms with E-state index in [1.165, 1.54) is 50.6 Å². The maximum Gasteiger partial charge on any atom is 0.00432 e. The van der Waals surface area contributed by atoms with Gasteiger partial charge in [0.05, 0.1) is 0 Å². The third-order valence-corrected chi connectivity index (χ3v) is 4.53. The number of hydrogen-bond donors (Lipinski definition) is 1. The lowest BCUT2D eigenvalue weighted by molar-refractivity contribution is 0.390. The molecule has 106 valence electrons. The number of rotatable bonds is 5. The summed E-state index contributed by atoms with van der Waals surface area (Å²) in [5.74, 6) is 0.911. The molecular weight excluding hydrogens is 230 g/mol. The molecule has 1 aliphatic carbocycles. The van der Waals surface area contributed by atoms with Gasteiger partial charge in [0, 0.05) is 12.0 Å². The van der Waals surface area contributed by atoms with Crippen molar-refractivity contribution >= 4 is 0 Å². The van der Waals surface area contributed by atoms with Gasteiger partial charge in [0.15, 0.2) is 0 Å². The highest BCUT2D eigenvalue weighted by molar-refractivity contribution is 5.23. The number of nitrogens with one attached hydrogen (secondary N) is 1. The summed E-state index contributed by atoms with van der Waals surface area (Å²) in [5.41, 5.74) is 1.66. The van der Waals surface area contributed by atoms with Crippen LogP contribution in [0.3, 0.4) is 0 Å². The molecule has 0 atom stereocenters. The summed E-state index contributed by atoms with van der Waals surface area (Å²) >= 11 is 0. The molecule has 1 saturated carbocycles. The van der Waals surface area contributed by atoms with Crippen LogP contribution in [0.15, 0.2) is 30.3 Å². The summed E-state index contributed by atoms with van der Waals surface area (Å²) in [4.78, 5) is 0. The Morgan fingerprint density at radius 1 is 1.00 bits per heavy atom. The van der Waals surface area contributed by atoms with E-state index in [4.69, 9.17) is 0 Å². The van der Waals surface area contributed by atoms with Crippen molar-refractivity contribution in [2.45, 2.75) is 57.8 Å². The summed E-state index contributed by atoms with van der Waals surface area (Å²) < 4.78 is 0. The van der Waals surface area contributed by atoms with Crippen molar-refractivity contribution in [2.24, 2.45) is 5.92 Å². The Balaban J connectivity index is 1.78. The van der Waals surface area contributed by atoms with Crippen molar-refractivity contribution in [1.29, 1.82) is 0 Å². The number of hydrogen-bond acceptors (Lipinski definition) is 1. The minimum absolute atomic E-state index is 0.228. The molecule has 19 heavy (non-hydrogen) atoms. The molecule has 1 aromatic rings. The van der Waals surface area contributed by atoms with Crippen LogP contribution < -0.4 is 5.32 Å². The highest BCUT2D eigenvalue weighted by Gasteiger charge is 2.20. The van der Waals surface area contributed by atoms with Crippen molar-refractivity contribution in [1.82, 2.24) is 5.32 Å². The minimum atomic E-state index is 0.228. The molecule has 0 aromatic heterocycles. The Morgan fingerprint density at radius 2 is 1.63 bits per heavy atom. The Labute approximate surface area is 118 Å². The molecule has 0 amide bonds. The zero-order valence-corrected chi connectivity index (χ0v) is 12.6. The van der Waals surface area contributed by atoms with E-state index in [-0.39, 0.29) is 5.41 Å². The summed E-state index contributed by atoms with van der Waals surface area (Å²) in [6, 6.07) is 10.9.